The number of carboxylic acid groups (broad SMARTS) is 1. The Balaban J connectivity index is 1.65. The maximum absolute atomic E-state index is 13.9. The summed E-state index contributed by atoms with van der Waals surface area (Å²) in [5, 5.41) is 10.9. The van der Waals surface area contributed by atoms with Crippen molar-refractivity contribution in [3.05, 3.63) is 101 Å². The molecule has 0 saturated carbocycles. The van der Waals surface area contributed by atoms with Crippen molar-refractivity contribution in [2.75, 3.05) is 26.2 Å². The van der Waals surface area contributed by atoms with Gasteiger partial charge >= 0.3 is 11.9 Å². The Labute approximate surface area is 273 Å². The van der Waals surface area contributed by atoms with Gasteiger partial charge in [-0.3, -0.25) is 14.5 Å². The lowest BCUT2D eigenvalue weighted by atomic mass is 9.62. The van der Waals surface area contributed by atoms with Crippen molar-refractivity contribution in [1.82, 2.24) is 4.90 Å². The Kier molecular flexibility index (Phi) is 9.64. The minimum absolute atomic E-state index is 0.513. The summed E-state index contributed by atoms with van der Waals surface area (Å²) in [5.41, 5.74) is -0.720. The maximum atomic E-state index is 13.9. The number of piperidine rings is 1. The highest BCUT2D eigenvalue weighted by Gasteiger charge is 2.61. The number of allylic oxidation sites excluding steroid dienone is 1. The van der Waals surface area contributed by atoms with E-state index in [1.807, 2.05) is 85.8 Å². The number of carbonyl (C=O) groups is 2. The molecule has 1 saturated heterocycles. The molecule has 0 spiro atoms. The number of hydrogen-bond donors (Lipinski definition) is 1. The summed E-state index contributed by atoms with van der Waals surface area (Å²) < 4.78 is 19.5. The van der Waals surface area contributed by atoms with Crippen LogP contribution in [0.1, 0.15) is 83.6 Å². The lowest BCUT2D eigenvalue weighted by Gasteiger charge is -2.49. The molecule has 0 radical (unpaired) electrons. The van der Waals surface area contributed by atoms with E-state index in [-0.39, 0.29) is 0 Å². The number of likely N-dealkylation sites (tertiary alicyclic amines) is 1. The molecule has 46 heavy (non-hydrogen) atoms. The largest absolute Gasteiger partial charge is 0.492 e. The molecule has 2 heterocycles. The highest BCUT2D eigenvalue weighted by molar-refractivity contribution is 5.85. The second-order valence-corrected chi connectivity index (χ2v) is 14.0. The van der Waals surface area contributed by atoms with Crippen LogP contribution in [-0.4, -0.2) is 48.2 Å². The Morgan fingerprint density at radius 3 is 2.13 bits per heavy atom. The number of benzene rings is 3. The summed E-state index contributed by atoms with van der Waals surface area (Å²) >= 11 is 0. The molecule has 1 fully saturated rings. The van der Waals surface area contributed by atoms with E-state index in [1.54, 1.807) is 34.6 Å². The van der Waals surface area contributed by atoms with Gasteiger partial charge in [-0.25, -0.2) is 0 Å². The van der Waals surface area contributed by atoms with E-state index in [4.69, 9.17) is 14.2 Å². The fourth-order valence-electron chi connectivity index (χ4n) is 6.51. The highest BCUT2D eigenvalue weighted by atomic mass is 16.6. The Morgan fingerprint density at radius 1 is 0.870 bits per heavy atom. The zero-order valence-electron chi connectivity index (χ0n) is 28.0. The molecule has 0 amide bonds. The van der Waals surface area contributed by atoms with Crippen molar-refractivity contribution in [3.8, 4) is 11.5 Å². The molecule has 7 nitrogen and oxygen atoms in total. The molecule has 2 aliphatic rings. The zero-order valence-corrected chi connectivity index (χ0v) is 28.0. The van der Waals surface area contributed by atoms with Crippen molar-refractivity contribution >= 4 is 17.5 Å². The lowest BCUT2D eigenvalue weighted by molar-refractivity contribution is -0.190. The van der Waals surface area contributed by atoms with E-state index in [0.717, 1.165) is 42.1 Å². The van der Waals surface area contributed by atoms with Crippen molar-refractivity contribution in [1.29, 1.82) is 0 Å². The first-order valence-corrected chi connectivity index (χ1v) is 16.3. The number of carboxylic acids is 1. The van der Waals surface area contributed by atoms with E-state index >= 15 is 0 Å². The summed E-state index contributed by atoms with van der Waals surface area (Å²) in [4.78, 5) is 29.7. The number of nitrogens with zero attached hydrogens (tertiary/aromatic N) is 1. The van der Waals surface area contributed by atoms with Crippen molar-refractivity contribution < 1.29 is 28.9 Å². The quantitative estimate of drug-likeness (QED) is 0.228. The number of fused-ring (bicyclic) bond motifs is 1. The number of aliphatic carboxylic acids is 1. The van der Waals surface area contributed by atoms with Gasteiger partial charge in [0.05, 0.1) is 5.41 Å². The molecule has 2 unspecified atom stereocenters. The van der Waals surface area contributed by atoms with Crippen LogP contribution in [-0.2, 0) is 19.9 Å². The molecular weight excluding hydrogens is 578 g/mol. The molecule has 244 valence electrons. The smallest absolute Gasteiger partial charge is 0.313 e. The van der Waals surface area contributed by atoms with Crippen LogP contribution in [0.3, 0.4) is 0 Å². The normalized spacial score (nSPS) is 18.6. The molecule has 0 aliphatic carbocycles. The molecule has 3 aromatic carbocycles. The van der Waals surface area contributed by atoms with Gasteiger partial charge in [-0.2, -0.15) is 0 Å². The Hall–Kier alpha value is -4.10. The van der Waals surface area contributed by atoms with Crippen LogP contribution in [0, 0.1) is 10.8 Å². The van der Waals surface area contributed by atoms with E-state index in [2.05, 4.69) is 4.90 Å². The molecule has 0 aromatic heterocycles. The SMILES string of the molecule is CC1=C(C(OC(=O)C(C)(C)C)(c2ccccc2)C(C)(C)C(=O)O)C(c2ccc(OCCN3CCCCC3)cc2)Oc2ccccc21. The summed E-state index contributed by atoms with van der Waals surface area (Å²) in [7, 11) is 0. The van der Waals surface area contributed by atoms with E-state index in [0.29, 0.717) is 23.5 Å². The molecule has 0 bridgehead atoms. The topological polar surface area (TPSA) is 85.3 Å². The van der Waals surface area contributed by atoms with Crippen LogP contribution in [0.2, 0.25) is 0 Å². The number of rotatable bonds is 10. The van der Waals surface area contributed by atoms with Gasteiger partial charge in [0.15, 0.2) is 5.60 Å². The van der Waals surface area contributed by atoms with Crippen molar-refractivity contribution in [2.45, 2.75) is 72.5 Å². The monoisotopic (exact) mass is 625 g/mol. The second-order valence-electron chi connectivity index (χ2n) is 14.0. The fraction of sp³-hybridized carbons (Fsp3) is 0.436. The number of esters is 1. The van der Waals surface area contributed by atoms with Gasteiger partial charge in [-0.1, -0.05) is 67.1 Å². The van der Waals surface area contributed by atoms with Gasteiger partial charge in [0.1, 0.15) is 29.6 Å². The summed E-state index contributed by atoms with van der Waals surface area (Å²) in [6.07, 6.45) is 3.02. The Bertz CT molecular complexity index is 1560. The van der Waals surface area contributed by atoms with Gasteiger partial charge in [0, 0.05) is 23.2 Å². The highest BCUT2D eigenvalue weighted by Crippen LogP contribution is 2.58. The first-order valence-electron chi connectivity index (χ1n) is 16.3. The average Bonchev–Trinajstić information content (AvgIpc) is 3.04. The maximum Gasteiger partial charge on any atom is 0.313 e. The number of para-hydroxylation sites is 1. The molecule has 2 aliphatic heterocycles. The third-order valence-corrected chi connectivity index (χ3v) is 9.34. The molecule has 7 heteroatoms. The van der Waals surface area contributed by atoms with Crippen LogP contribution in [0.5, 0.6) is 11.5 Å². The predicted octanol–water partition coefficient (Wildman–Crippen LogP) is 8.05. The first kappa shape index (κ1) is 33.3. The minimum atomic E-state index is -1.74. The van der Waals surface area contributed by atoms with Gasteiger partial charge in [0.25, 0.3) is 0 Å². The average molecular weight is 626 g/mol. The van der Waals surface area contributed by atoms with Gasteiger partial charge in [-0.15, -0.1) is 0 Å². The second kappa shape index (κ2) is 13.3. The van der Waals surface area contributed by atoms with Crippen LogP contribution in [0.25, 0.3) is 5.57 Å². The predicted molar refractivity (Wildman–Crippen MR) is 180 cm³/mol. The number of hydrogen-bond acceptors (Lipinski definition) is 6. The van der Waals surface area contributed by atoms with E-state index in [9.17, 15) is 14.7 Å². The zero-order chi connectivity index (χ0) is 33.1. The molecule has 5 rings (SSSR count). The van der Waals surface area contributed by atoms with Crippen LogP contribution >= 0.6 is 0 Å². The Morgan fingerprint density at radius 2 is 1.50 bits per heavy atom. The number of ether oxygens (including phenoxy) is 3. The van der Waals surface area contributed by atoms with Gasteiger partial charge in [0.2, 0.25) is 0 Å². The van der Waals surface area contributed by atoms with Crippen LogP contribution in [0.4, 0.5) is 0 Å². The first-order chi connectivity index (χ1) is 21.9. The third-order valence-electron chi connectivity index (χ3n) is 9.34. The fourth-order valence-corrected chi connectivity index (χ4v) is 6.51. The van der Waals surface area contributed by atoms with E-state index in [1.165, 1.54) is 19.3 Å². The molecular formula is C39H47NO6. The molecule has 1 N–H and O–H groups in total. The summed E-state index contributed by atoms with van der Waals surface area (Å²) in [6, 6.07) is 24.7. The number of carbonyl (C=O) groups excluding carboxylic acids is 1. The summed E-state index contributed by atoms with van der Waals surface area (Å²) in [5.74, 6) is -0.194. The third kappa shape index (κ3) is 6.43. The minimum Gasteiger partial charge on any atom is -0.492 e. The van der Waals surface area contributed by atoms with Crippen molar-refractivity contribution in [3.63, 3.8) is 0 Å². The van der Waals surface area contributed by atoms with Crippen LogP contribution < -0.4 is 9.47 Å². The van der Waals surface area contributed by atoms with Gasteiger partial charge in [-0.05, 0) is 96.8 Å². The van der Waals surface area contributed by atoms with Crippen LogP contribution in [0.15, 0.2) is 84.4 Å². The molecule has 2 atom stereocenters. The molecule has 3 aromatic rings. The van der Waals surface area contributed by atoms with Gasteiger partial charge < -0.3 is 19.3 Å². The lowest BCUT2D eigenvalue weighted by Crippen LogP contribution is -2.54. The standard InChI is InChI=1S/C39H47NO6/c1-27-31-17-11-12-18-32(31)45-34(28-19-21-30(22-20-28)44-26-25-40-23-13-8-14-24-40)33(27)39(38(5,6)35(41)42,29-15-9-7-10-16-29)46-36(43)37(2,3)4/h7,9-12,15-22,34H,8,13-14,23-26H2,1-6H3,(H,41,42). The summed E-state index contributed by atoms with van der Waals surface area (Å²) in [6.45, 7) is 14.2. The van der Waals surface area contributed by atoms with E-state index < -0.39 is 34.5 Å². The van der Waals surface area contributed by atoms with Crippen molar-refractivity contribution in [2.24, 2.45) is 10.8 Å².